The summed E-state index contributed by atoms with van der Waals surface area (Å²) in [4.78, 5) is 17.1. The molecular formula is C19H34N2O4S. The van der Waals surface area contributed by atoms with E-state index in [2.05, 4.69) is 4.90 Å². The molecule has 3 rings (SSSR count). The quantitative estimate of drug-likeness (QED) is 0.788. The number of nitrogens with zero attached hydrogens (tertiary/aromatic N) is 2. The van der Waals surface area contributed by atoms with Crippen molar-refractivity contribution in [3.05, 3.63) is 0 Å². The minimum absolute atomic E-state index is 0.157. The van der Waals surface area contributed by atoms with Crippen molar-refractivity contribution in [3.63, 3.8) is 0 Å². The Hall–Kier alpha value is -0.660. The maximum atomic E-state index is 13.0. The Bertz CT molecular complexity index is 603. The van der Waals surface area contributed by atoms with Crippen LogP contribution in [0.5, 0.6) is 0 Å². The van der Waals surface area contributed by atoms with Crippen molar-refractivity contribution in [3.8, 4) is 0 Å². The number of sulfone groups is 1. The molecule has 0 bridgehead atoms. The Morgan fingerprint density at radius 2 is 1.81 bits per heavy atom. The molecule has 1 spiro atoms. The van der Waals surface area contributed by atoms with Crippen molar-refractivity contribution in [1.82, 2.24) is 9.80 Å². The number of amides is 1. The van der Waals surface area contributed by atoms with E-state index in [0.717, 1.165) is 51.6 Å². The molecule has 2 saturated heterocycles. The van der Waals surface area contributed by atoms with Crippen LogP contribution in [0.4, 0.5) is 0 Å². The van der Waals surface area contributed by atoms with E-state index in [0.29, 0.717) is 26.1 Å². The summed E-state index contributed by atoms with van der Waals surface area (Å²) in [5.74, 6) is 0.606. The molecule has 1 N–H and O–H groups in total. The summed E-state index contributed by atoms with van der Waals surface area (Å²) in [7, 11) is -2.99. The third-order valence-electron chi connectivity index (χ3n) is 6.62. The van der Waals surface area contributed by atoms with Gasteiger partial charge in [0.15, 0.2) is 0 Å². The van der Waals surface area contributed by atoms with Gasteiger partial charge < -0.3 is 14.9 Å². The van der Waals surface area contributed by atoms with Crippen LogP contribution < -0.4 is 0 Å². The molecule has 2 atom stereocenters. The summed E-state index contributed by atoms with van der Waals surface area (Å²) in [6.07, 6.45) is 8.92. The molecule has 7 heteroatoms. The first-order valence-electron chi connectivity index (χ1n) is 10.2. The van der Waals surface area contributed by atoms with E-state index in [1.54, 1.807) is 0 Å². The Morgan fingerprint density at radius 3 is 2.50 bits per heavy atom. The van der Waals surface area contributed by atoms with Crippen LogP contribution in [0.25, 0.3) is 0 Å². The zero-order valence-corrected chi connectivity index (χ0v) is 16.8. The zero-order chi connectivity index (χ0) is 18.8. The Morgan fingerprint density at radius 1 is 1.08 bits per heavy atom. The number of rotatable bonds is 4. The van der Waals surface area contributed by atoms with Gasteiger partial charge in [0, 0.05) is 50.3 Å². The molecule has 6 nitrogen and oxygen atoms in total. The van der Waals surface area contributed by atoms with Crippen molar-refractivity contribution in [2.75, 3.05) is 44.7 Å². The Balaban J connectivity index is 1.65. The molecule has 1 aliphatic carbocycles. The number of likely N-dealkylation sites (tertiary alicyclic amines) is 2. The van der Waals surface area contributed by atoms with Gasteiger partial charge in [0.2, 0.25) is 5.91 Å². The molecule has 150 valence electrons. The topological polar surface area (TPSA) is 77.9 Å². The minimum atomic E-state index is -2.99. The van der Waals surface area contributed by atoms with Gasteiger partial charge in [-0.2, -0.15) is 0 Å². The van der Waals surface area contributed by atoms with Crippen LogP contribution in [0.15, 0.2) is 0 Å². The van der Waals surface area contributed by atoms with E-state index < -0.39 is 15.9 Å². The van der Waals surface area contributed by atoms with E-state index in [9.17, 15) is 18.3 Å². The third-order valence-corrected chi connectivity index (χ3v) is 7.54. The lowest BCUT2D eigenvalue weighted by molar-refractivity contribution is -0.146. The molecule has 0 aromatic heterocycles. The summed E-state index contributed by atoms with van der Waals surface area (Å²) in [6, 6.07) is 0. The van der Waals surface area contributed by atoms with Gasteiger partial charge in [0.25, 0.3) is 0 Å². The fraction of sp³-hybridized carbons (Fsp3) is 0.947. The molecule has 3 fully saturated rings. The van der Waals surface area contributed by atoms with E-state index in [-0.39, 0.29) is 23.0 Å². The number of hydrogen-bond donors (Lipinski definition) is 1. The highest BCUT2D eigenvalue weighted by Crippen LogP contribution is 2.39. The molecule has 0 aromatic carbocycles. The number of carbonyl (C=O) groups excluding carboxylic acids is 1. The van der Waals surface area contributed by atoms with Gasteiger partial charge in [-0.3, -0.25) is 4.79 Å². The highest BCUT2D eigenvalue weighted by Gasteiger charge is 2.46. The summed E-state index contributed by atoms with van der Waals surface area (Å²) < 4.78 is 23.0. The van der Waals surface area contributed by atoms with Gasteiger partial charge in [-0.05, 0) is 32.1 Å². The average molecular weight is 387 g/mol. The molecule has 0 aromatic rings. The monoisotopic (exact) mass is 386 g/mol. The lowest BCUT2D eigenvalue weighted by Gasteiger charge is -2.51. The second-order valence-electron chi connectivity index (χ2n) is 8.77. The maximum absolute atomic E-state index is 13.0. The average Bonchev–Trinajstić information content (AvgIpc) is 2.62. The second-order valence-corrected chi connectivity index (χ2v) is 11.0. The maximum Gasteiger partial charge on any atom is 0.225 e. The van der Waals surface area contributed by atoms with Crippen LogP contribution in [0.3, 0.4) is 0 Å². The first-order valence-corrected chi connectivity index (χ1v) is 12.2. The lowest BCUT2D eigenvalue weighted by atomic mass is 9.71. The minimum Gasteiger partial charge on any atom is -0.392 e. The number of aliphatic hydroxyl groups excluding tert-OH is 1. The first-order chi connectivity index (χ1) is 12.3. The molecule has 3 aliphatic rings. The molecule has 0 unspecified atom stereocenters. The van der Waals surface area contributed by atoms with Gasteiger partial charge in [-0.15, -0.1) is 0 Å². The van der Waals surface area contributed by atoms with Crippen LogP contribution in [-0.4, -0.2) is 80.1 Å². The van der Waals surface area contributed by atoms with Crippen molar-refractivity contribution in [1.29, 1.82) is 0 Å². The van der Waals surface area contributed by atoms with Crippen molar-refractivity contribution in [2.24, 2.45) is 11.3 Å². The predicted octanol–water partition coefficient (Wildman–Crippen LogP) is 1.29. The number of hydrogen-bond acceptors (Lipinski definition) is 5. The van der Waals surface area contributed by atoms with E-state index >= 15 is 0 Å². The summed E-state index contributed by atoms with van der Waals surface area (Å²) in [5.41, 5.74) is -0.293. The summed E-state index contributed by atoms with van der Waals surface area (Å²) in [6.45, 7) is 3.36. The van der Waals surface area contributed by atoms with Crippen LogP contribution in [0.1, 0.15) is 51.4 Å². The molecule has 0 radical (unpaired) electrons. The number of aliphatic hydroxyl groups is 1. The zero-order valence-electron chi connectivity index (χ0n) is 16.0. The second kappa shape index (κ2) is 8.15. The van der Waals surface area contributed by atoms with Crippen LogP contribution in [-0.2, 0) is 14.6 Å². The van der Waals surface area contributed by atoms with E-state index in [1.807, 2.05) is 4.90 Å². The first kappa shape index (κ1) is 20.1. The van der Waals surface area contributed by atoms with Crippen LogP contribution >= 0.6 is 0 Å². The van der Waals surface area contributed by atoms with Gasteiger partial charge in [-0.25, -0.2) is 8.42 Å². The molecule has 2 heterocycles. The summed E-state index contributed by atoms with van der Waals surface area (Å²) in [5, 5.41) is 10.8. The highest BCUT2D eigenvalue weighted by atomic mass is 32.2. The fourth-order valence-corrected chi connectivity index (χ4v) is 5.67. The van der Waals surface area contributed by atoms with E-state index in [1.165, 1.54) is 12.7 Å². The Kier molecular flexibility index (Phi) is 6.29. The van der Waals surface area contributed by atoms with Crippen LogP contribution in [0, 0.1) is 11.3 Å². The van der Waals surface area contributed by atoms with Crippen molar-refractivity contribution >= 4 is 15.7 Å². The standard InChI is InChI=1S/C19H34N2O4S/c1-26(24,25)13-12-20-11-8-17(22)19(14-20)9-5-10-21(15-19)18(23)16-6-3-2-4-7-16/h16-17,22H,2-15H2,1H3/t17-,19-/m1/s1. The SMILES string of the molecule is CS(=O)(=O)CCN1CC[C@@H](O)[C@]2(CCCN(C(=O)C3CCCCC3)C2)C1. The van der Waals surface area contributed by atoms with Crippen molar-refractivity contribution < 1.29 is 18.3 Å². The highest BCUT2D eigenvalue weighted by molar-refractivity contribution is 7.90. The van der Waals surface area contributed by atoms with Gasteiger partial charge in [0.1, 0.15) is 9.84 Å². The Labute approximate surface area is 157 Å². The molecule has 2 aliphatic heterocycles. The largest absolute Gasteiger partial charge is 0.392 e. The van der Waals surface area contributed by atoms with E-state index in [4.69, 9.17) is 0 Å². The van der Waals surface area contributed by atoms with Crippen molar-refractivity contribution in [2.45, 2.75) is 57.5 Å². The molecule has 26 heavy (non-hydrogen) atoms. The normalized spacial score (nSPS) is 32.1. The molecular weight excluding hydrogens is 352 g/mol. The summed E-state index contributed by atoms with van der Waals surface area (Å²) >= 11 is 0. The predicted molar refractivity (Wildman–Crippen MR) is 102 cm³/mol. The number of carbonyl (C=O) groups is 1. The van der Waals surface area contributed by atoms with Gasteiger partial charge >= 0.3 is 0 Å². The smallest absolute Gasteiger partial charge is 0.225 e. The van der Waals surface area contributed by atoms with Crippen LogP contribution in [0.2, 0.25) is 0 Å². The van der Waals surface area contributed by atoms with Gasteiger partial charge in [0.05, 0.1) is 11.9 Å². The lowest BCUT2D eigenvalue weighted by Crippen LogP contribution is -2.60. The third kappa shape index (κ3) is 4.78. The van der Waals surface area contributed by atoms with Gasteiger partial charge in [-0.1, -0.05) is 19.3 Å². The molecule has 1 saturated carbocycles. The fourth-order valence-electron chi connectivity index (χ4n) is 5.08. The molecule has 1 amide bonds. The number of piperidine rings is 2.